The molecule has 2 fully saturated rings. The molecule has 2 aliphatic rings. The van der Waals surface area contributed by atoms with Gasteiger partial charge in [0, 0.05) is 32.0 Å². The van der Waals surface area contributed by atoms with E-state index in [4.69, 9.17) is 0 Å². The first-order valence-electron chi connectivity index (χ1n) is 8.95. The number of amides is 1. The second-order valence-corrected chi connectivity index (χ2v) is 7.07. The van der Waals surface area contributed by atoms with Crippen LogP contribution >= 0.6 is 0 Å². The SMILES string of the molecule is O=C(c1ncc[nH]1)N1CC[C@@]2(CCCN2Cc2ccccc2)[C@@H](O)C1. The number of H-pyrrole nitrogens is 1. The van der Waals surface area contributed by atoms with Crippen molar-refractivity contribution in [3.05, 3.63) is 54.1 Å². The normalized spacial score (nSPS) is 27.1. The first-order chi connectivity index (χ1) is 12.2. The molecule has 3 heterocycles. The Morgan fingerprint density at radius 2 is 2.12 bits per heavy atom. The lowest BCUT2D eigenvalue weighted by Crippen LogP contribution is -2.62. The van der Waals surface area contributed by atoms with Crippen molar-refractivity contribution < 1.29 is 9.90 Å². The van der Waals surface area contributed by atoms with Crippen LogP contribution < -0.4 is 0 Å². The number of aliphatic hydroxyl groups is 1. The standard InChI is InChI=1S/C19H24N4O2/c24-16-14-22(18(25)17-20-9-10-21-17)12-8-19(16)7-4-11-23(19)13-15-5-2-1-3-6-15/h1-3,5-6,9-10,16,24H,4,7-8,11-14H2,(H,20,21)/t16-,19-/m0/s1. The summed E-state index contributed by atoms with van der Waals surface area (Å²) in [6.07, 6.45) is 5.57. The molecule has 4 rings (SSSR count). The number of hydrogen-bond donors (Lipinski definition) is 2. The van der Waals surface area contributed by atoms with E-state index < -0.39 is 6.10 Å². The molecule has 0 aliphatic carbocycles. The first kappa shape index (κ1) is 16.3. The largest absolute Gasteiger partial charge is 0.389 e. The molecule has 25 heavy (non-hydrogen) atoms. The highest BCUT2D eigenvalue weighted by molar-refractivity contribution is 5.90. The monoisotopic (exact) mass is 340 g/mol. The third-order valence-corrected chi connectivity index (χ3v) is 5.70. The number of nitrogens with one attached hydrogen (secondary N) is 1. The van der Waals surface area contributed by atoms with E-state index in [2.05, 4.69) is 39.1 Å². The zero-order valence-electron chi connectivity index (χ0n) is 14.3. The van der Waals surface area contributed by atoms with Crippen molar-refractivity contribution in [2.24, 2.45) is 0 Å². The number of aromatic nitrogens is 2. The van der Waals surface area contributed by atoms with Crippen LogP contribution in [0, 0.1) is 0 Å². The van der Waals surface area contributed by atoms with E-state index in [9.17, 15) is 9.90 Å². The molecule has 1 spiro atoms. The maximum absolute atomic E-state index is 12.5. The van der Waals surface area contributed by atoms with E-state index in [0.29, 0.717) is 18.9 Å². The summed E-state index contributed by atoms with van der Waals surface area (Å²) in [6.45, 7) is 2.87. The summed E-state index contributed by atoms with van der Waals surface area (Å²) < 4.78 is 0. The van der Waals surface area contributed by atoms with E-state index >= 15 is 0 Å². The van der Waals surface area contributed by atoms with Gasteiger partial charge in [-0.1, -0.05) is 30.3 Å². The molecular formula is C19H24N4O2. The topological polar surface area (TPSA) is 72.5 Å². The fourth-order valence-corrected chi connectivity index (χ4v) is 4.34. The van der Waals surface area contributed by atoms with Gasteiger partial charge in [-0.2, -0.15) is 0 Å². The highest BCUT2D eigenvalue weighted by Gasteiger charge is 2.49. The molecule has 6 nitrogen and oxygen atoms in total. The maximum Gasteiger partial charge on any atom is 0.289 e. The van der Waals surface area contributed by atoms with Gasteiger partial charge in [-0.3, -0.25) is 9.69 Å². The van der Waals surface area contributed by atoms with Crippen LogP contribution in [0.15, 0.2) is 42.7 Å². The second-order valence-electron chi connectivity index (χ2n) is 7.07. The summed E-state index contributed by atoms with van der Waals surface area (Å²) in [5, 5.41) is 11.0. The Balaban J connectivity index is 1.48. The molecule has 2 aliphatic heterocycles. The van der Waals surface area contributed by atoms with Crippen LogP contribution in [0.3, 0.4) is 0 Å². The van der Waals surface area contributed by atoms with Gasteiger partial charge < -0.3 is 15.0 Å². The zero-order valence-corrected chi connectivity index (χ0v) is 14.3. The number of rotatable bonds is 3. The predicted molar refractivity (Wildman–Crippen MR) is 93.9 cm³/mol. The Hall–Kier alpha value is -2.18. The molecule has 0 saturated carbocycles. The molecule has 0 unspecified atom stereocenters. The summed E-state index contributed by atoms with van der Waals surface area (Å²) >= 11 is 0. The van der Waals surface area contributed by atoms with E-state index in [-0.39, 0.29) is 11.4 Å². The molecule has 1 aromatic carbocycles. The average Bonchev–Trinajstić information content (AvgIpc) is 3.29. The Bertz CT molecular complexity index is 718. The Labute approximate surface area is 147 Å². The van der Waals surface area contributed by atoms with E-state index in [1.807, 2.05) is 6.07 Å². The smallest absolute Gasteiger partial charge is 0.289 e. The van der Waals surface area contributed by atoms with Crippen molar-refractivity contribution in [3.63, 3.8) is 0 Å². The van der Waals surface area contributed by atoms with Gasteiger partial charge in [-0.05, 0) is 31.4 Å². The third-order valence-electron chi connectivity index (χ3n) is 5.70. The molecule has 132 valence electrons. The molecule has 2 N–H and O–H groups in total. The van der Waals surface area contributed by atoms with Crippen LogP contribution in [0.2, 0.25) is 0 Å². The highest BCUT2D eigenvalue weighted by Crippen LogP contribution is 2.39. The number of hydrogen-bond acceptors (Lipinski definition) is 4. The van der Waals surface area contributed by atoms with Crippen LogP contribution in [0.4, 0.5) is 0 Å². The Morgan fingerprint density at radius 3 is 2.84 bits per heavy atom. The van der Waals surface area contributed by atoms with Crippen LogP contribution in [0.25, 0.3) is 0 Å². The van der Waals surface area contributed by atoms with Gasteiger partial charge in [-0.15, -0.1) is 0 Å². The summed E-state index contributed by atoms with van der Waals surface area (Å²) in [7, 11) is 0. The van der Waals surface area contributed by atoms with Gasteiger partial charge in [0.2, 0.25) is 0 Å². The fraction of sp³-hybridized carbons (Fsp3) is 0.474. The Kier molecular flexibility index (Phi) is 4.31. The zero-order chi connectivity index (χ0) is 17.3. The van der Waals surface area contributed by atoms with Gasteiger partial charge in [0.15, 0.2) is 5.82 Å². The molecule has 6 heteroatoms. The minimum Gasteiger partial charge on any atom is -0.389 e. The van der Waals surface area contributed by atoms with Gasteiger partial charge in [0.05, 0.1) is 11.6 Å². The number of benzene rings is 1. The lowest BCUT2D eigenvalue weighted by molar-refractivity contribution is -0.0598. The second kappa shape index (κ2) is 6.61. The van der Waals surface area contributed by atoms with E-state index in [0.717, 1.165) is 32.4 Å². The summed E-state index contributed by atoms with van der Waals surface area (Å²) in [6, 6.07) is 10.4. The molecule has 1 aromatic heterocycles. The Morgan fingerprint density at radius 1 is 1.28 bits per heavy atom. The molecule has 0 radical (unpaired) electrons. The summed E-state index contributed by atoms with van der Waals surface area (Å²) in [4.78, 5) is 23.5. The van der Waals surface area contributed by atoms with Crippen molar-refractivity contribution >= 4 is 5.91 Å². The van der Waals surface area contributed by atoms with Crippen LogP contribution in [-0.4, -0.2) is 62.1 Å². The number of likely N-dealkylation sites (tertiary alicyclic amines) is 2. The highest BCUT2D eigenvalue weighted by atomic mass is 16.3. The van der Waals surface area contributed by atoms with Gasteiger partial charge in [0.1, 0.15) is 0 Å². The van der Waals surface area contributed by atoms with E-state index in [1.165, 1.54) is 5.56 Å². The molecule has 1 amide bonds. The minimum absolute atomic E-state index is 0.133. The molecule has 2 aromatic rings. The number of nitrogens with zero attached hydrogens (tertiary/aromatic N) is 3. The predicted octanol–water partition coefficient (Wildman–Crippen LogP) is 1.65. The molecule has 0 bridgehead atoms. The number of imidazole rings is 1. The van der Waals surface area contributed by atoms with Crippen molar-refractivity contribution in [1.29, 1.82) is 0 Å². The third kappa shape index (κ3) is 2.96. The summed E-state index contributed by atoms with van der Waals surface area (Å²) in [5.74, 6) is 0.210. The van der Waals surface area contributed by atoms with Gasteiger partial charge in [-0.25, -0.2) is 4.98 Å². The molecule has 2 atom stereocenters. The quantitative estimate of drug-likeness (QED) is 0.891. The first-order valence-corrected chi connectivity index (χ1v) is 8.95. The number of aliphatic hydroxyl groups excluding tert-OH is 1. The maximum atomic E-state index is 12.5. The van der Waals surface area contributed by atoms with Gasteiger partial charge >= 0.3 is 0 Å². The minimum atomic E-state index is -0.536. The van der Waals surface area contributed by atoms with Gasteiger partial charge in [0.25, 0.3) is 5.91 Å². The van der Waals surface area contributed by atoms with E-state index in [1.54, 1.807) is 17.3 Å². The number of carbonyl (C=O) groups is 1. The number of piperidine rings is 1. The van der Waals surface area contributed by atoms with Crippen molar-refractivity contribution in [1.82, 2.24) is 19.8 Å². The molecule has 2 saturated heterocycles. The van der Waals surface area contributed by atoms with Crippen molar-refractivity contribution in [2.45, 2.75) is 37.5 Å². The average molecular weight is 340 g/mol. The number of aromatic amines is 1. The lowest BCUT2D eigenvalue weighted by atomic mass is 9.82. The van der Waals surface area contributed by atoms with Crippen molar-refractivity contribution in [3.8, 4) is 0 Å². The van der Waals surface area contributed by atoms with Crippen LogP contribution in [-0.2, 0) is 6.54 Å². The fourth-order valence-electron chi connectivity index (χ4n) is 4.34. The summed E-state index contributed by atoms with van der Waals surface area (Å²) in [5.41, 5.74) is 1.06. The number of β-amino-alcohol motifs (C(OH)–C–C–N with tert-alkyl or cyclic N) is 1. The van der Waals surface area contributed by atoms with Crippen LogP contribution in [0.5, 0.6) is 0 Å². The lowest BCUT2D eigenvalue weighted by Gasteiger charge is -2.48. The molecular weight excluding hydrogens is 316 g/mol. The van der Waals surface area contributed by atoms with Crippen molar-refractivity contribution in [2.75, 3.05) is 19.6 Å². The number of carbonyl (C=O) groups excluding carboxylic acids is 1. The van der Waals surface area contributed by atoms with Crippen LogP contribution in [0.1, 0.15) is 35.4 Å².